The standard InChI is InChI=1S/C22H33N5O2/c1-6-23-22(25-14-18-8-7-13-24-21(18)27(4)5)26-15-20(28)17-9-11-19(12-10-17)29-16(2)3/h7-13,16,20,28H,6,14-15H2,1-5H3,(H2,23,25,26). The Labute approximate surface area is 173 Å². The van der Waals surface area contributed by atoms with Crippen LogP contribution in [0.1, 0.15) is 38.0 Å². The van der Waals surface area contributed by atoms with Crippen molar-refractivity contribution < 1.29 is 9.84 Å². The highest BCUT2D eigenvalue weighted by Gasteiger charge is 2.10. The third kappa shape index (κ3) is 7.27. The first-order chi connectivity index (χ1) is 13.9. The highest BCUT2D eigenvalue weighted by Crippen LogP contribution is 2.18. The van der Waals surface area contributed by atoms with Crippen molar-refractivity contribution in [3.05, 3.63) is 53.7 Å². The molecule has 2 rings (SSSR count). The molecule has 29 heavy (non-hydrogen) atoms. The van der Waals surface area contributed by atoms with E-state index in [9.17, 15) is 5.11 Å². The molecule has 0 saturated heterocycles. The normalized spacial score (nSPS) is 12.6. The van der Waals surface area contributed by atoms with Crippen LogP contribution in [0.4, 0.5) is 5.82 Å². The summed E-state index contributed by atoms with van der Waals surface area (Å²) in [5, 5.41) is 16.9. The van der Waals surface area contributed by atoms with E-state index in [-0.39, 0.29) is 6.10 Å². The van der Waals surface area contributed by atoms with Crippen LogP contribution in [0.25, 0.3) is 0 Å². The van der Waals surface area contributed by atoms with Crippen molar-refractivity contribution in [3.63, 3.8) is 0 Å². The number of nitrogens with one attached hydrogen (secondary N) is 2. The molecule has 0 saturated carbocycles. The van der Waals surface area contributed by atoms with E-state index in [0.29, 0.717) is 19.0 Å². The average molecular weight is 400 g/mol. The van der Waals surface area contributed by atoms with Crippen LogP contribution in [-0.4, -0.2) is 49.3 Å². The predicted octanol–water partition coefficient (Wildman–Crippen LogP) is 2.72. The van der Waals surface area contributed by atoms with E-state index in [1.807, 2.05) is 76.2 Å². The summed E-state index contributed by atoms with van der Waals surface area (Å²) in [6, 6.07) is 11.5. The lowest BCUT2D eigenvalue weighted by atomic mass is 10.1. The first-order valence-electron chi connectivity index (χ1n) is 9.98. The summed E-state index contributed by atoms with van der Waals surface area (Å²) in [6.07, 6.45) is 1.25. The number of nitrogens with zero attached hydrogens (tertiary/aromatic N) is 3. The molecule has 1 atom stereocenters. The van der Waals surface area contributed by atoms with Gasteiger partial charge in [-0.3, -0.25) is 0 Å². The molecule has 0 amide bonds. The lowest BCUT2D eigenvalue weighted by Crippen LogP contribution is -2.39. The summed E-state index contributed by atoms with van der Waals surface area (Å²) in [7, 11) is 3.93. The third-order valence-electron chi connectivity index (χ3n) is 4.14. The van der Waals surface area contributed by atoms with Gasteiger partial charge in [0.2, 0.25) is 0 Å². The van der Waals surface area contributed by atoms with Gasteiger partial charge >= 0.3 is 0 Å². The average Bonchev–Trinajstić information content (AvgIpc) is 2.70. The van der Waals surface area contributed by atoms with Crippen LogP contribution >= 0.6 is 0 Å². The molecule has 0 radical (unpaired) electrons. The molecule has 0 aliphatic carbocycles. The SMILES string of the molecule is CCNC(=NCc1cccnc1N(C)C)NCC(O)c1ccc(OC(C)C)cc1. The number of aromatic nitrogens is 1. The van der Waals surface area contributed by atoms with Gasteiger partial charge in [-0.05, 0) is 44.5 Å². The molecule has 0 aliphatic heterocycles. The molecular weight excluding hydrogens is 366 g/mol. The number of guanidine groups is 1. The Hall–Kier alpha value is -2.80. The number of pyridine rings is 1. The van der Waals surface area contributed by atoms with Gasteiger partial charge in [0.25, 0.3) is 0 Å². The van der Waals surface area contributed by atoms with Crippen molar-refractivity contribution >= 4 is 11.8 Å². The summed E-state index contributed by atoms with van der Waals surface area (Å²) in [5.41, 5.74) is 1.86. The first kappa shape index (κ1) is 22.5. The van der Waals surface area contributed by atoms with Crippen LogP contribution in [0.2, 0.25) is 0 Å². The van der Waals surface area contributed by atoms with Crippen molar-refractivity contribution in [3.8, 4) is 5.75 Å². The molecule has 0 aliphatic rings. The quantitative estimate of drug-likeness (QED) is 0.444. The Morgan fingerprint density at radius 2 is 1.90 bits per heavy atom. The fourth-order valence-corrected chi connectivity index (χ4v) is 2.81. The smallest absolute Gasteiger partial charge is 0.191 e. The second-order valence-electron chi connectivity index (χ2n) is 7.21. The largest absolute Gasteiger partial charge is 0.491 e. The number of ether oxygens (including phenoxy) is 1. The van der Waals surface area contributed by atoms with E-state index < -0.39 is 6.10 Å². The zero-order valence-electron chi connectivity index (χ0n) is 18.0. The zero-order chi connectivity index (χ0) is 21.2. The zero-order valence-corrected chi connectivity index (χ0v) is 18.0. The number of aliphatic imine (C=N–C) groups is 1. The minimum atomic E-state index is -0.650. The number of aliphatic hydroxyl groups excluding tert-OH is 1. The van der Waals surface area contributed by atoms with Crippen molar-refractivity contribution in [1.82, 2.24) is 15.6 Å². The number of benzene rings is 1. The van der Waals surface area contributed by atoms with Gasteiger partial charge in [-0.2, -0.15) is 0 Å². The highest BCUT2D eigenvalue weighted by atomic mass is 16.5. The van der Waals surface area contributed by atoms with E-state index >= 15 is 0 Å². The molecule has 1 aromatic carbocycles. The number of hydrogen-bond acceptors (Lipinski definition) is 5. The molecule has 1 heterocycles. The molecule has 7 heteroatoms. The van der Waals surface area contributed by atoms with Gasteiger partial charge in [0.1, 0.15) is 11.6 Å². The number of rotatable bonds is 9. The van der Waals surface area contributed by atoms with Crippen molar-refractivity contribution in [1.29, 1.82) is 0 Å². The summed E-state index contributed by atoms with van der Waals surface area (Å²) in [6.45, 7) is 7.56. The van der Waals surface area contributed by atoms with E-state index in [1.165, 1.54) is 0 Å². The Morgan fingerprint density at radius 1 is 1.17 bits per heavy atom. The van der Waals surface area contributed by atoms with Gasteiger partial charge in [-0.25, -0.2) is 9.98 Å². The van der Waals surface area contributed by atoms with Gasteiger partial charge in [-0.1, -0.05) is 18.2 Å². The monoisotopic (exact) mass is 399 g/mol. The van der Waals surface area contributed by atoms with E-state index in [4.69, 9.17) is 4.74 Å². The van der Waals surface area contributed by atoms with Crippen LogP contribution in [0.3, 0.4) is 0 Å². The lowest BCUT2D eigenvalue weighted by Gasteiger charge is -2.17. The molecule has 158 valence electrons. The van der Waals surface area contributed by atoms with Crippen molar-refractivity contribution in [2.75, 3.05) is 32.1 Å². The number of hydrogen-bond donors (Lipinski definition) is 3. The van der Waals surface area contributed by atoms with Gasteiger partial charge < -0.3 is 25.4 Å². The minimum Gasteiger partial charge on any atom is -0.491 e. The van der Waals surface area contributed by atoms with Crippen LogP contribution in [0, 0.1) is 0 Å². The summed E-state index contributed by atoms with van der Waals surface area (Å²) < 4.78 is 5.64. The number of anilines is 1. The molecule has 2 aromatic rings. The molecule has 0 spiro atoms. The second-order valence-corrected chi connectivity index (χ2v) is 7.21. The lowest BCUT2D eigenvalue weighted by molar-refractivity contribution is 0.180. The van der Waals surface area contributed by atoms with Crippen LogP contribution < -0.4 is 20.3 Å². The van der Waals surface area contributed by atoms with E-state index in [1.54, 1.807) is 6.20 Å². The van der Waals surface area contributed by atoms with Gasteiger partial charge in [0.15, 0.2) is 5.96 Å². The summed E-state index contributed by atoms with van der Waals surface area (Å²) >= 11 is 0. The second kappa shape index (κ2) is 11.3. The van der Waals surface area contributed by atoms with Crippen LogP contribution in [0.5, 0.6) is 5.75 Å². The first-order valence-corrected chi connectivity index (χ1v) is 9.98. The van der Waals surface area contributed by atoms with E-state index in [2.05, 4.69) is 20.6 Å². The Balaban J connectivity index is 1.98. The fourth-order valence-electron chi connectivity index (χ4n) is 2.81. The summed E-state index contributed by atoms with van der Waals surface area (Å²) in [4.78, 5) is 11.0. The molecule has 3 N–H and O–H groups in total. The van der Waals surface area contributed by atoms with Crippen molar-refractivity contribution in [2.24, 2.45) is 4.99 Å². The Morgan fingerprint density at radius 3 is 2.52 bits per heavy atom. The molecule has 1 aromatic heterocycles. The maximum absolute atomic E-state index is 10.5. The van der Waals surface area contributed by atoms with Gasteiger partial charge in [0.05, 0.1) is 18.8 Å². The topological polar surface area (TPSA) is 82.0 Å². The van der Waals surface area contributed by atoms with Gasteiger partial charge in [0, 0.05) is 38.9 Å². The molecule has 0 fully saturated rings. The maximum atomic E-state index is 10.5. The molecule has 1 unspecified atom stereocenters. The maximum Gasteiger partial charge on any atom is 0.191 e. The Bertz CT molecular complexity index is 775. The fraction of sp³-hybridized carbons (Fsp3) is 0.455. The van der Waals surface area contributed by atoms with Crippen LogP contribution in [0.15, 0.2) is 47.6 Å². The molecule has 7 nitrogen and oxygen atoms in total. The minimum absolute atomic E-state index is 0.124. The Kier molecular flexibility index (Phi) is 8.73. The third-order valence-corrected chi connectivity index (χ3v) is 4.14. The summed E-state index contributed by atoms with van der Waals surface area (Å²) in [5.74, 6) is 2.35. The van der Waals surface area contributed by atoms with E-state index in [0.717, 1.165) is 29.2 Å². The van der Waals surface area contributed by atoms with Crippen LogP contribution in [-0.2, 0) is 6.54 Å². The number of aliphatic hydroxyl groups is 1. The predicted molar refractivity (Wildman–Crippen MR) is 119 cm³/mol. The molecular formula is C22H33N5O2. The van der Waals surface area contributed by atoms with Crippen molar-refractivity contribution in [2.45, 2.75) is 39.5 Å². The molecule has 0 bridgehead atoms. The van der Waals surface area contributed by atoms with Gasteiger partial charge in [-0.15, -0.1) is 0 Å². The highest BCUT2D eigenvalue weighted by molar-refractivity contribution is 5.79.